The van der Waals surface area contributed by atoms with E-state index in [4.69, 9.17) is 0 Å². The molecule has 17 heavy (non-hydrogen) atoms. The highest BCUT2D eigenvalue weighted by Gasteiger charge is 2.39. The molecule has 1 aromatic rings. The number of aryl methyl sites for hydroxylation is 2. The summed E-state index contributed by atoms with van der Waals surface area (Å²) in [5, 5.41) is 0. The van der Waals surface area contributed by atoms with Crippen LogP contribution < -0.4 is 4.90 Å². The van der Waals surface area contributed by atoms with Crippen molar-refractivity contribution < 1.29 is 0 Å². The highest BCUT2D eigenvalue weighted by atomic mass is 79.9. The van der Waals surface area contributed by atoms with Gasteiger partial charge in [0.2, 0.25) is 0 Å². The molecule has 2 rings (SSSR count). The molecule has 0 atom stereocenters. The van der Waals surface area contributed by atoms with Crippen molar-refractivity contribution in [2.75, 3.05) is 18.0 Å². The summed E-state index contributed by atoms with van der Waals surface area (Å²) in [6.45, 7) is 11.4. The topological polar surface area (TPSA) is 3.24 Å². The zero-order valence-electron chi connectivity index (χ0n) is 11.3. The highest BCUT2D eigenvalue weighted by molar-refractivity contribution is 9.10. The maximum absolute atomic E-state index is 3.63. The van der Waals surface area contributed by atoms with Crippen molar-refractivity contribution in [3.05, 3.63) is 27.7 Å². The van der Waals surface area contributed by atoms with Gasteiger partial charge in [0.15, 0.2) is 0 Å². The minimum atomic E-state index is 0.578. The fourth-order valence-corrected chi connectivity index (χ4v) is 2.98. The van der Waals surface area contributed by atoms with Crippen molar-refractivity contribution in [3.63, 3.8) is 0 Å². The lowest BCUT2D eigenvalue weighted by atomic mass is 9.75. The van der Waals surface area contributed by atoms with E-state index < -0.39 is 0 Å². The largest absolute Gasteiger partial charge is 0.370 e. The van der Waals surface area contributed by atoms with Gasteiger partial charge >= 0.3 is 0 Å². The second kappa shape index (κ2) is 4.64. The summed E-state index contributed by atoms with van der Waals surface area (Å²) in [4.78, 5) is 2.51. The highest BCUT2D eigenvalue weighted by Crippen LogP contribution is 2.41. The molecule has 0 spiro atoms. The standard InChI is InChI=1S/C15H22BrN/c1-5-15(6-2)9-17(10-15)13-7-11(3)14(16)12(4)8-13/h7-8H,5-6,9-10H2,1-4H3. The monoisotopic (exact) mass is 295 g/mol. The third-order valence-corrected chi connectivity index (χ3v) is 5.59. The van der Waals surface area contributed by atoms with Crippen LogP contribution in [-0.4, -0.2) is 13.1 Å². The molecule has 94 valence electrons. The summed E-state index contributed by atoms with van der Waals surface area (Å²) < 4.78 is 1.25. The first kappa shape index (κ1) is 12.9. The molecule has 1 saturated heterocycles. The molecular formula is C15H22BrN. The third-order valence-electron chi connectivity index (χ3n) is 4.34. The molecule has 0 N–H and O–H groups in total. The molecular weight excluding hydrogens is 274 g/mol. The van der Waals surface area contributed by atoms with Gasteiger partial charge in [-0.05, 0) is 49.9 Å². The molecule has 1 aliphatic heterocycles. The molecule has 0 radical (unpaired) electrons. The Morgan fingerprint density at radius 3 is 2.00 bits per heavy atom. The Morgan fingerprint density at radius 2 is 1.59 bits per heavy atom. The van der Waals surface area contributed by atoms with E-state index in [1.165, 1.54) is 47.2 Å². The number of rotatable bonds is 3. The lowest BCUT2D eigenvalue weighted by molar-refractivity contribution is 0.194. The SMILES string of the molecule is CCC1(CC)CN(c2cc(C)c(Br)c(C)c2)C1. The normalized spacial score (nSPS) is 18.1. The Bertz CT molecular complexity index is 390. The average molecular weight is 296 g/mol. The van der Waals surface area contributed by atoms with Crippen LogP contribution in [0.25, 0.3) is 0 Å². The molecule has 0 saturated carbocycles. The van der Waals surface area contributed by atoms with Crippen LogP contribution in [0, 0.1) is 19.3 Å². The first-order valence-electron chi connectivity index (χ1n) is 6.53. The van der Waals surface area contributed by atoms with Gasteiger partial charge in [0.1, 0.15) is 0 Å². The fraction of sp³-hybridized carbons (Fsp3) is 0.600. The molecule has 1 aromatic carbocycles. The predicted molar refractivity (Wildman–Crippen MR) is 78.8 cm³/mol. The van der Waals surface area contributed by atoms with Gasteiger partial charge in [0.05, 0.1) is 0 Å². The molecule has 0 aromatic heterocycles. The molecule has 1 fully saturated rings. The summed E-state index contributed by atoms with van der Waals surface area (Å²) in [5.74, 6) is 0. The molecule has 1 heterocycles. The van der Waals surface area contributed by atoms with E-state index in [1.807, 2.05) is 0 Å². The van der Waals surface area contributed by atoms with E-state index in [2.05, 4.69) is 60.7 Å². The van der Waals surface area contributed by atoms with Crippen molar-refractivity contribution in [3.8, 4) is 0 Å². The van der Waals surface area contributed by atoms with Crippen molar-refractivity contribution in [2.45, 2.75) is 40.5 Å². The van der Waals surface area contributed by atoms with Gasteiger partial charge in [-0.25, -0.2) is 0 Å². The smallest absolute Gasteiger partial charge is 0.0372 e. The minimum absolute atomic E-state index is 0.578. The quantitative estimate of drug-likeness (QED) is 0.782. The Kier molecular flexibility index (Phi) is 3.53. The van der Waals surface area contributed by atoms with E-state index in [9.17, 15) is 0 Å². The minimum Gasteiger partial charge on any atom is -0.370 e. The zero-order chi connectivity index (χ0) is 12.6. The van der Waals surface area contributed by atoms with Gasteiger partial charge in [-0.15, -0.1) is 0 Å². The predicted octanol–water partition coefficient (Wildman–Crippen LogP) is 4.69. The number of halogens is 1. The van der Waals surface area contributed by atoms with Crippen molar-refractivity contribution in [1.82, 2.24) is 0 Å². The Labute approximate surface area is 113 Å². The second-order valence-electron chi connectivity index (χ2n) is 5.46. The fourth-order valence-electron chi connectivity index (χ4n) is 2.75. The van der Waals surface area contributed by atoms with Crippen LogP contribution in [0.1, 0.15) is 37.8 Å². The summed E-state index contributed by atoms with van der Waals surface area (Å²) in [7, 11) is 0. The van der Waals surface area contributed by atoms with Crippen LogP contribution in [0.3, 0.4) is 0 Å². The lowest BCUT2D eigenvalue weighted by Crippen LogP contribution is -2.55. The molecule has 2 heteroatoms. The van der Waals surface area contributed by atoms with E-state index in [-0.39, 0.29) is 0 Å². The van der Waals surface area contributed by atoms with E-state index >= 15 is 0 Å². The summed E-state index contributed by atoms with van der Waals surface area (Å²) in [6.07, 6.45) is 2.60. The van der Waals surface area contributed by atoms with Crippen LogP contribution in [0.2, 0.25) is 0 Å². The van der Waals surface area contributed by atoms with Crippen molar-refractivity contribution >= 4 is 21.6 Å². The van der Waals surface area contributed by atoms with Crippen LogP contribution in [0.15, 0.2) is 16.6 Å². The first-order valence-corrected chi connectivity index (χ1v) is 7.32. The van der Waals surface area contributed by atoms with Crippen LogP contribution >= 0.6 is 15.9 Å². The maximum Gasteiger partial charge on any atom is 0.0372 e. The van der Waals surface area contributed by atoms with Crippen molar-refractivity contribution in [1.29, 1.82) is 0 Å². The summed E-state index contributed by atoms with van der Waals surface area (Å²) >= 11 is 3.63. The van der Waals surface area contributed by atoms with Crippen LogP contribution in [0.4, 0.5) is 5.69 Å². The molecule has 0 bridgehead atoms. The number of hydrogen-bond acceptors (Lipinski definition) is 1. The lowest BCUT2D eigenvalue weighted by Gasteiger charge is -2.51. The first-order chi connectivity index (χ1) is 8.01. The van der Waals surface area contributed by atoms with Gasteiger partial charge in [-0.2, -0.15) is 0 Å². The zero-order valence-corrected chi connectivity index (χ0v) is 12.9. The molecule has 1 aliphatic rings. The second-order valence-corrected chi connectivity index (χ2v) is 6.25. The Balaban J connectivity index is 2.17. The average Bonchev–Trinajstić information content (AvgIpc) is 2.25. The molecule has 1 nitrogen and oxygen atoms in total. The number of benzene rings is 1. The van der Waals surface area contributed by atoms with E-state index in [0.717, 1.165) is 0 Å². The van der Waals surface area contributed by atoms with E-state index in [0.29, 0.717) is 5.41 Å². The van der Waals surface area contributed by atoms with Crippen LogP contribution in [-0.2, 0) is 0 Å². The van der Waals surface area contributed by atoms with Crippen LogP contribution in [0.5, 0.6) is 0 Å². The molecule has 0 aliphatic carbocycles. The van der Waals surface area contributed by atoms with Crippen molar-refractivity contribution in [2.24, 2.45) is 5.41 Å². The third kappa shape index (κ3) is 2.24. The number of nitrogens with zero attached hydrogens (tertiary/aromatic N) is 1. The van der Waals surface area contributed by atoms with Gasteiger partial charge in [-0.3, -0.25) is 0 Å². The number of anilines is 1. The number of hydrogen-bond donors (Lipinski definition) is 0. The maximum atomic E-state index is 3.63. The van der Waals surface area contributed by atoms with Gasteiger partial charge < -0.3 is 4.90 Å². The van der Waals surface area contributed by atoms with E-state index in [1.54, 1.807) is 0 Å². The van der Waals surface area contributed by atoms with Gasteiger partial charge in [-0.1, -0.05) is 29.8 Å². The summed E-state index contributed by atoms with van der Waals surface area (Å²) in [5.41, 5.74) is 4.64. The van der Waals surface area contributed by atoms with Gasteiger partial charge in [0, 0.05) is 28.7 Å². The van der Waals surface area contributed by atoms with Gasteiger partial charge in [0.25, 0.3) is 0 Å². The molecule has 0 amide bonds. The Hall–Kier alpha value is -0.500. The Morgan fingerprint density at radius 1 is 1.12 bits per heavy atom. The molecule has 0 unspecified atom stereocenters. The summed E-state index contributed by atoms with van der Waals surface area (Å²) in [6, 6.07) is 4.60.